The monoisotopic (exact) mass is 310 g/mol. The predicted octanol–water partition coefficient (Wildman–Crippen LogP) is 2.78. The van der Waals surface area contributed by atoms with Gasteiger partial charge in [0, 0.05) is 13.1 Å². The highest BCUT2D eigenvalue weighted by Gasteiger charge is 2.30. The number of nitrogens with zero attached hydrogens (tertiary/aromatic N) is 2. The van der Waals surface area contributed by atoms with Crippen molar-refractivity contribution in [1.82, 2.24) is 9.80 Å². The highest BCUT2D eigenvalue weighted by Crippen LogP contribution is 2.26. The van der Waals surface area contributed by atoms with E-state index in [-0.39, 0.29) is 17.8 Å². The second kappa shape index (κ2) is 7.27. The van der Waals surface area contributed by atoms with Crippen LogP contribution >= 0.6 is 11.8 Å². The van der Waals surface area contributed by atoms with Gasteiger partial charge in [-0.15, -0.1) is 0 Å². The maximum Gasteiger partial charge on any atom is 0.244 e. The van der Waals surface area contributed by atoms with Gasteiger partial charge in [-0.2, -0.15) is 11.8 Å². The number of carbonyl (C=O) groups excluding carboxylic acids is 1. The van der Waals surface area contributed by atoms with Gasteiger partial charge in [0.05, 0.1) is 0 Å². The van der Waals surface area contributed by atoms with Gasteiger partial charge in [0.15, 0.2) is 0 Å². The third kappa shape index (κ3) is 3.98. The highest BCUT2D eigenvalue weighted by atomic mass is 32.2. The lowest BCUT2D eigenvalue weighted by Crippen LogP contribution is -2.45. The minimum atomic E-state index is -0.356. The number of likely N-dealkylation sites (N-methyl/N-ethyl adjacent to an activating group) is 2. The van der Waals surface area contributed by atoms with E-state index in [4.69, 9.17) is 0 Å². The molecule has 1 aliphatic heterocycles. The van der Waals surface area contributed by atoms with E-state index in [9.17, 15) is 9.18 Å². The maximum absolute atomic E-state index is 13.1. The first-order chi connectivity index (χ1) is 10.0. The molecule has 1 fully saturated rings. The van der Waals surface area contributed by atoms with Crippen LogP contribution in [-0.4, -0.2) is 54.4 Å². The van der Waals surface area contributed by atoms with Crippen LogP contribution in [0.4, 0.5) is 4.39 Å². The average Bonchev–Trinajstić information content (AvgIpc) is 2.49. The van der Waals surface area contributed by atoms with Gasteiger partial charge in [-0.1, -0.05) is 12.1 Å². The Labute approximate surface area is 130 Å². The summed E-state index contributed by atoms with van der Waals surface area (Å²) in [6.07, 6.45) is 2.10. The Morgan fingerprint density at radius 3 is 2.29 bits per heavy atom. The van der Waals surface area contributed by atoms with Crippen LogP contribution in [0.3, 0.4) is 0 Å². The molecular formula is C16H23FN2OS. The van der Waals surface area contributed by atoms with E-state index in [2.05, 4.69) is 0 Å². The van der Waals surface area contributed by atoms with Crippen LogP contribution in [0.5, 0.6) is 0 Å². The number of rotatable bonds is 4. The van der Waals surface area contributed by atoms with E-state index in [1.165, 1.54) is 12.1 Å². The molecule has 2 rings (SSSR count). The number of halogens is 1. The Morgan fingerprint density at radius 1 is 1.19 bits per heavy atom. The summed E-state index contributed by atoms with van der Waals surface area (Å²) in [5.74, 6) is 2.04. The molecule has 0 radical (unpaired) electrons. The molecule has 0 unspecified atom stereocenters. The fraction of sp³-hybridized carbons (Fsp3) is 0.562. The summed E-state index contributed by atoms with van der Waals surface area (Å²) >= 11 is 1.95. The molecule has 1 atom stereocenters. The molecule has 1 aliphatic rings. The molecule has 0 aliphatic carbocycles. The van der Waals surface area contributed by atoms with Crippen molar-refractivity contribution in [3.8, 4) is 0 Å². The first-order valence-corrected chi connectivity index (χ1v) is 8.42. The molecule has 0 bridgehead atoms. The van der Waals surface area contributed by atoms with E-state index < -0.39 is 0 Å². The molecule has 5 heteroatoms. The van der Waals surface area contributed by atoms with Crippen LogP contribution in [0, 0.1) is 5.82 Å². The largest absolute Gasteiger partial charge is 0.341 e. The molecule has 0 saturated carbocycles. The van der Waals surface area contributed by atoms with Crippen LogP contribution in [-0.2, 0) is 4.79 Å². The Bertz CT molecular complexity index is 472. The van der Waals surface area contributed by atoms with E-state index in [0.29, 0.717) is 6.04 Å². The van der Waals surface area contributed by atoms with Gasteiger partial charge >= 0.3 is 0 Å². The quantitative estimate of drug-likeness (QED) is 0.854. The Balaban J connectivity index is 2.16. The third-order valence-corrected chi connectivity index (χ3v) is 5.07. The Hall–Kier alpha value is -1.07. The summed E-state index contributed by atoms with van der Waals surface area (Å²) in [5, 5.41) is 0. The van der Waals surface area contributed by atoms with Crippen molar-refractivity contribution in [3.63, 3.8) is 0 Å². The van der Waals surface area contributed by atoms with Crippen LogP contribution in [0.1, 0.15) is 24.4 Å². The fourth-order valence-electron chi connectivity index (χ4n) is 2.75. The van der Waals surface area contributed by atoms with Crippen molar-refractivity contribution in [2.75, 3.05) is 32.6 Å². The van der Waals surface area contributed by atoms with Gasteiger partial charge in [-0.3, -0.25) is 9.69 Å². The summed E-state index contributed by atoms with van der Waals surface area (Å²) < 4.78 is 13.1. The van der Waals surface area contributed by atoms with Crippen molar-refractivity contribution in [3.05, 3.63) is 35.6 Å². The molecule has 1 amide bonds. The summed E-state index contributed by atoms with van der Waals surface area (Å²) in [7, 11) is 5.66. The van der Waals surface area contributed by atoms with Gasteiger partial charge in [-0.25, -0.2) is 4.39 Å². The number of carbonyl (C=O) groups is 1. The first-order valence-electron chi connectivity index (χ1n) is 7.27. The fourth-order valence-corrected chi connectivity index (χ4v) is 3.83. The smallest absolute Gasteiger partial charge is 0.244 e. The van der Waals surface area contributed by atoms with Crippen LogP contribution < -0.4 is 0 Å². The molecule has 3 nitrogen and oxygen atoms in total. The van der Waals surface area contributed by atoms with E-state index in [1.807, 2.05) is 42.7 Å². The third-order valence-electron chi connectivity index (χ3n) is 4.02. The lowest BCUT2D eigenvalue weighted by Gasteiger charge is -2.35. The van der Waals surface area contributed by atoms with Crippen molar-refractivity contribution in [1.29, 1.82) is 0 Å². The molecular weight excluding hydrogens is 287 g/mol. The van der Waals surface area contributed by atoms with Crippen molar-refractivity contribution in [2.24, 2.45) is 0 Å². The van der Waals surface area contributed by atoms with Gasteiger partial charge in [0.2, 0.25) is 5.91 Å². The van der Waals surface area contributed by atoms with Gasteiger partial charge in [0.25, 0.3) is 0 Å². The number of benzene rings is 1. The molecule has 1 aromatic rings. The van der Waals surface area contributed by atoms with E-state index in [0.717, 1.165) is 29.9 Å². The lowest BCUT2D eigenvalue weighted by atomic mass is 10.0. The van der Waals surface area contributed by atoms with Crippen molar-refractivity contribution < 1.29 is 9.18 Å². The summed E-state index contributed by atoms with van der Waals surface area (Å²) in [6.45, 7) is 0. The number of hydrogen-bond acceptors (Lipinski definition) is 3. The Kier molecular flexibility index (Phi) is 5.65. The zero-order valence-corrected chi connectivity index (χ0v) is 13.7. The molecule has 0 aromatic heterocycles. The van der Waals surface area contributed by atoms with Gasteiger partial charge < -0.3 is 4.90 Å². The summed E-state index contributed by atoms with van der Waals surface area (Å²) in [4.78, 5) is 16.6. The second-order valence-electron chi connectivity index (χ2n) is 5.71. The normalized spacial score (nSPS) is 17.8. The average molecular weight is 310 g/mol. The Morgan fingerprint density at radius 2 is 1.76 bits per heavy atom. The van der Waals surface area contributed by atoms with E-state index >= 15 is 0 Å². The van der Waals surface area contributed by atoms with Crippen LogP contribution in [0.15, 0.2) is 24.3 Å². The zero-order valence-electron chi connectivity index (χ0n) is 12.9. The molecule has 1 heterocycles. The van der Waals surface area contributed by atoms with Crippen molar-refractivity contribution >= 4 is 17.7 Å². The minimum Gasteiger partial charge on any atom is -0.341 e. The van der Waals surface area contributed by atoms with E-state index in [1.54, 1.807) is 12.1 Å². The molecule has 0 N–H and O–H groups in total. The topological polar surface area (TPSA) is 23.6 Å². The van der Waals surface area contributed by atoms with Crippen LogP contribution in [0.25, 0.3) is 0 Å². The highest BCUT2D eigenvalue weighted by molar-refractivity contribution is 7.99. The zero-order chi connectivity index (χ0) is 15.4. The summed E-state index contributed by atoms with van der Waals surface area (Å²) in [5.41, 5.74) is 0.837. The number of thioether (sulfide) groups is 1. The first kappa shape index (κ1) is 16.3. The summed E-state index contributed by atoms with van der Waals surface area (Å²) in [6, 6.07) is 6.18. The van der Waals surface area contributed by atoms with Gasteiger partial charge in [-0.05, 0) is 56.1 Å². The number of hydrogen-bond donors (Lipinski definition) is 0. The lowest BCUT2D eigenvalue weighted by molar-refractivity contribution is -0.137. The predicted molar refractivity (Wildman–Crippen MR) is 85.9 cm³/mol. The molecule has 0 spiro atoms. The van der Waals surface area contributed by atoms with Crippen LogP contribution in [0.2, 0.25) is 0 Å². The van der Waals surface area contributed by atoms with Crippen molar-refractivity contribution in [2.45, 2.75) is 24.9 Å². The molecule has 116 valence electrons. The molecule has 1 saturated heterocycles. The maximum atomic E-state index is 13.1. The molecule has 1 aromatic carbocycles. The van der Waals surface area contributed by atoms with Gasteiger partial charge in [0.1, 0.15) is 11.9 Å². The second-order valence-corrected chi connectivity index (χ2v) is 6.94. The minimum absolute atomic E-state index is 0.0866. The molecule has 21 heavy (non-hydrogen) atoms. The standard InChI is InChI=1S/C16H23FN2OS/c1-18(2)15(12-4-6-13(17)7-5-12)16(20)19(3)14-8-10-21-11-9-14/h4-7,14-15H,8-11H2,1-3H3/t15-/m1/s1. The number of amides is 1. The SMILES string of the molecule is CN(C(=O)[C@@H](c1ccc(F)cc1)N(C)C)C1CCSCC1.